The van der Waals surface area contributed by atoms with E-state index in [9.17, 15) is 23.1 Å². The molecule has 1 amide bonds. The summed E-state index contributed by atoms with van der Waals surface area (Å²) >= 11 is 7.12. The Morgan fingerprint density at radius 2 is 1.84 bits per heavy atom. The molecule has 1 saturated carbocycles. The Bertz CT molecular complexity index is 1430. The Labute approximate surface area is 224 Å². The van der Waals surface area contributed by atoms with E-state index in [1.54, 1.807) is 48.5 Å². The Morgan fingerprint density at radius 1 is 1.14 bits per heavy atom. The maximum absolute atomic E-state index is 13.7. The highest BCUT2D eigenvalue weighted by molar-refractivity contribution is 7.89. The first kappa shape index (κ1) is 25.9. The molecule has 12 heteroatoms. The number of amides is 1. The minimum atomic E-state index is -3.99. The van der Waals surface area contributed by atoms with Gasteiger partial charge in [0.1, 0.15) is 4.88 Å². The number of carbonyl (C=O) groups excluding carboxylic acids is 1. The third-order valence-electron chi connectivity index (χ3n) is 7.08. The summed E-state index contributed by atoms with van der Waals surface area (Å²) in [6.07, 6.45) is 6.31. The van der Waals surface area contributed by atoms with Crippen molar-refractivity contribution < 1.29 is 23.1 Å². The van der Waals surface area contributed by atoms with Crippen LogP contribution < -0.4 is 4.90 Å². The van der Waals surface area contributed by atoms with Crippen LogP contribution in [0.25, 0.3) is 10.4 Å². The van der Waals surface area contributed by atoms with Gasteiger partial charge in [0.25, 0.3) is 10.0 Å². The van der Waals surface area contributed by atoms with E-state index in [0.29, 0.717) is 15.6 Å². The maximum atomic E-state index is 13.7. The molecule has 1 atom stereocenters. The van der Waals surface area contributed by atoms with Crippen molar-refractivity contribution in [3.8, 4) is 10.4 Å². The van der Waals surface area contributed by atoms with Crippen molar-refractivity contribution in [3.63, 3.8) is 0 Å². The van der Waals surface area contributed by atoms with Gasteiger partial charge in [-0.15, -0.1) is 11.3 Å². The fraction of sp³-hybridized carbons (Fsp3) is 0.400. The Balaban J connectivity index is 1.56. The van der Waals surface area contributed by atoms with Gasteiger partial charge in [-0.05, 0) is 48.6 Å². The zero-order valence-electron chi connectivity index (χ0n) is 20.2. The lowest BCUT2D eigenvalue weighted by Gasteiger charge is -2.44. The molecule has 2 aromatic heterocycles. The molecule has 0 spiro atoms. The SMILES string of the molecule is Cn1ccc(S(=O)(=O)N2CC(=O)N(c3cc(-c4ccc(Cl)cc4)sc3C(=O)O)C(C3CCCCC3)C2)n1. The molecule has 0 radical (unpaired) electrons. The Kier molecular flexibility index (Phi) is 7.14. The molecule has 37 heavy (non-hydrogen) atoms. The van der Waals surface area contributed by atoms with Crippen LogP contribution in [0.3, 0.4) is 0 Å². The lowest BCUT2D eigenvalue weighted by Crippen LogP contribution is -2.60. The van der Waals surface area contributed by atoms with Crippen molar-refractivity contribution >= 4 is 50.5 Å². The van der Waals surface area contributed by atoms with Gasteiger partial charge in [-0.25, -0.2) is 13.2 Å². The molecule has 1 aliphatic carbocycles. The van der Waals surface area contributed by atoms with E-state index in [0.717, 1.165) is 49.0 Å². The fourth-order valence-corrected chi connectivity index (χ4v) is 7.75. The van der Waals surface area contributed by atoms with Gasteiger partial charge >= 0.3 is 5.97 Å². The highest BCUT2D eigenvalue weighted by atomic mass is 35.5. The summed E-state index contributed by atoms with van der Waals surface area (Å²) in [7, 11) is -2.36. The molecular weight excluding hydrogens is 536 g/mol. The number of benzene rings is 1. The van der Waals surface area contributed by atoms with Gasteiger partial charge < -0.3 is 10.0 Å². The molecule has 196 valence electrons. The van der Waals surface area contributed by atoms with E-state index in [2.05, 4.69) is 5.10 Å². The molecule has 9 nitrogen and oxygen atoms in total. The van der Waals surface area contributed by atoms with E-state index in [4.69, 9.17) is 11.6 Å². The number of sulfonamides is 1. The molecule has 1 aromatic carbocycles. The number of nitrogens with zero attached hydrogens (tertiary/aromatic N) is 4. The first-order valence-corrected chi connectivity index (χ1v) is 14.7. The number of carbonyl (C=O) groups is 2. The van der Waals surface area contributed by atoms with E-state index in [1.165, 1.54) is 15.1 Å². The third-order valence-corrected chi connectivity index (χ3v) is 10.2. The van der Waals surface area contributed by atoms with Crippen LogP contribution in [0.2, 0.25) is 5.02 Å². The quantitative estimate of drug-likeness (QED) is 0.474. The minimum Gasteiger partial charge on any atom is -0.477 e. The molecular formula is C25H27ClN4O5S2. The molecule has 0 bridgehead atoms. The Hall–Kier alpha value is -2.73. The highest BCUT2D eigenvalue weighted by Crippen LogP contribution is 2.42. The van der Waals surface area contributed by atoms with Crippen LogP contribution in [0.15, 0.2) is 47.6 Å². The van der Waals surface area contributed by atoms with Crippen LogP contribution in [0, 0.1) is 5.92 Å². The second-order valence-electron chi connectivity index (χ2n) is 9.49. The van der Waals surface area contributed by atoms with Gasteiger partial charge in [-0.3, -0.25) is 9.48 Å². The van der Waals surface area contributed by atoms with E-state index < -0.39 is 27.9 Å². The molecule has 3 aromatic rings. The van der Waals surface area contributed by atoms with Gasteiger partial charge in [0.2, 0.25) is 5.91 Å². The molecule has 1 unspecified atom stereocenters. The van der Waals surface area contributed by atoms with Crippen LogP contribution in [0.5, 0.6) is 0 Å². The predicted octanol–water partition coefficient (Wildman–Crippen LogP) is 4.49. The van der Waals surface area contributed by atoms with Crippen molar-refractivity contribution in [2.24, 2.45) is 13.0 Å². The standard InChI is InChI=1S/C25H27ClN4O5S2/c1-28-12-11-22(27-28)37(34,35)29-14-20(16-5-3-2-4-6-16)30(23(31)15-29)19-13-21(36-24(19)25(32)33)17-7-9-18(26)10-8-17/h7-13,16,20H,2-6,14-15H2,1H3,(H,32,33). The molecule has 1 aliphatic heterocycles. The van der Waals surface area contributed by atoms with Crippen LogP contribution in [0.1, 0.15) is 41.8 Å². The zero-order valence-corrected chi connectivity index (χ0v) is 22.6. The third kappa shape index (κ3) is 5.05. The van der Waals surface area contributed by atoms with Gasteiger partial charge in [-0.1, -0.05) is 43.0 Å². The molecule has 1 saturated heterocycles. The summed E-state index contributed by atoms with van der Waals surface area (Å²) in [6, 6.07) is 9.74. The molecule has 3 heterocycles. The number of anilines is 1. The fourth-order valence-electron chi connectivity index (χ4n) is 5.28. The lowest BCUT2D eigenvalue weighted by atomic mass is 9.82. The summed E-state index contributed by atoms with van der Waals surface area (Å²) in [5, 5.41) is 14.6. The van der Waals surface area contributed by atoms with Crippen molar-refractivity contribution in [2.75, 3.05) is 18.0 Å². The van der Waals surface area contributed by atoms with E-state index >= 15 is 0 Å². The number of thiophene rings is 1. The first-order valence-electron chi connectivity index (χ1n) is 12.1. The first-order chi connectivity index (χ1) is 17.6. The van der Waals surface area contributed by atoms with E-state index in [1.807, 2.05) is 0 Å². The van der Waals surface area contributed by atoms with E-state index in [-0.39, 0.29) is 28.9 Å². The number of aromatic nitrogens is 2. The number of aromatic carboxylic acids is 1. The molecule has 1 N–H and O–H groups in total. The van der Waals surface area contributed by atoms with Crippen LogP contribution in [-0.4, -0.2) is 58.6 Å². The summed E-state index contributed by atoms with van der Waals surface area (Å²) < 4.78 is 29.4. The zero-order chi connectivity index (χ0) is 26.3. The number of carboxylic acids is 1. The number of halogens is 1. The number of rotatable bonds is 6. The average Bonchev–Trinajstić information content (AvgIpc) is 3.52. The molecule has 2 fully saturated rings. The van der Waals surface area contributed by atoms with Gasteiger partial charge in [0.05, 0.1) is 18.3 Å². The summed E-state index contributed by atoms with van der Waals surface area (Å²) in [4.78, 5) is 28.3. The van der Waals surface area contributed by atoms with Crippen molar-refractivity contribution in [1.82, 2.24) is 14.1 Å². The van der Waals surface area contributed by atoms with Gasteiger partial charge in [0, 0.05) is 29.7 Å². The smallest absolute Gasteiger partial charge is 0.348 e. The highest BCUT2D eigenvalue weighted by Gasteiger charge is 2.44. The largest absolute Gasteiger partial charge is 0.477 e. The number of hydrogen-bond donors (Lipinski definition) is 1. The van der Waals surface area contributed by atoms with Crippen LogP contribution in [-0.2, 0) is 21.9 Å². The second-order valence-corrected chi connectivity index (χ2v) is 12.9. The maximum Gasteiger partial charge on any atom is 0.348 e. The second kappa shape index (κ2) is 10.2. The summed E-state index contributed by atoms with van der Waals surface area (Å²) in [5.41, 5.74) is 1.11. The van der Waals surface area contributed by atoms with Crippen molar-refractivity contribution in [2.45, 2.75) is 43.2 Å². The predicted molar refractivity (Wildman–Crippen MR) is 142 cm³/mol. The monoisotopic (exact) mass is 562 g/mol. The summed E-state index contributed by atoms with van der Waals surface area (Å²) in [5.74, 6) is -1.51. The number of carboxylic acid groups (broad SMARTS) is 1. The van der Waals surface area contributed by atoms with Gasteiger partial charge in [0.15, 0.2) is 5.03 Å². The Morgan fingerprint density at radius 3 is 2.46 bits per heavy atom. The van der Waals surface area contributed by atoms with Crippen molar-refractivity contribution in [1.29, 1.82) is 0 Å². The number of aryl methyl sites for hydroxylation is 1. The van der Waals surface area contributed by atoms with Gasteiger partial charge in [-0.2, -0.15) is 9.40 Å². The normalized spacial score (nSPS) is 19.9. The molecule has 2 aliphatic rings. The number of piperazine rings is 1. The average molecular weight is 563 g/mol. The minimum absolute atomic E-state index is 0.0555. The topological polar surface area (TPSA) is 113 Å². The summed E-state index contributed by atoms with van der Waals surface area (Å²) in [6.45, 7) is -0.298. The lowest BCUT2D eigenvalue weighted by molar-refractivity contribution is -0.121. The molecule has 5 rings (SSSR count). The van der Waals surface area contributed by atoms with Crippen molar-refractivity contribution in [3.05, 3.63) is 52.5 Å². The number of hydrogen-bond acceptors (Lipinski definition) is 6. The van der Waals surface area contributed by atoms with Crippen LogP contribution >= 0.6 is 22.9 Å². The van der Waals surface area contributed by atoms with Crippen LogP contribution in [0.4, 0.5) is 5.69 Å².